The van der Waals surface area contributed by atoms with Gasteiger partial charge < -0.3 is 15.2 Å². The molecule has 0 radical (unpaired) electrons. The Balaban J connectivity index is 2.91. The van der Waals surface area contributed by atoms with Crippen LogP contribution in [0.4, 0.5) is 5.69 Å². The first-order chi connectivity index (χ1) is 8.08. The number of hydrogen-bond donors (Lipinski definition) is 1. The Morgan fingerprint density at radius 2 is 1.65 bits per heavy atom. The fraction of sp³-hybridized carbons (Fsp3) is 0.571. The Morgan fingerprint density at radius 1 is 1.06 bits per heavy atom. The molecule has 0 heterocycles. The van der Waals surface area contributed by atoms with Gasteiger partial charge in [-0.25, -0.2) is 0 Å². The number of nitrogens with two attached hydrogens (primary N) is 1. The topological polar surface area (TPSA) is 44.5 Å². The highest BCUT2D eigenvalue weighted by atomic mass is 16.5. The van der Waals surface area contributed by atoms with Crippen molar-refractivity contribution in [2.75, 3.05) is 5.73 Å². The molecule has 3 nitrogen and oxygen atoms in total. The minimum atomic E-state index is 0.138. The highest BCUT2D eigenvalue weighted by molar-refractivity contribution is 5.60. The molecule has 2 unspecified atom stereocenters. The summed E-state index contributed by atoms with van der Waals surface area (Å²) in [5.41, 5.74) is 6.57. The van der Waals surface area contributed by atoms with Crippen LogP contribution in [0.5, 0.6) is 11.5 Å². The van der Waals surface area contributed by atoms with E-state index in [0.29, 0.717) is 11.4 Å². The Kier molecular flexibility index (Phi) is 5.13. The zero-order valence-electron chi connectivity index (χ0n) is 11.2. The van der Waals surface area contributed by atoms with Gasteiger partial charge in [0.05, 0.1) is 17.9 Å². The molecule has 0 saturated heterocycles. The van der Waals surface area contributed by atoms with Crippen LogP contribution in [0.15, 0.2) is 18.2 Å². The molecule has 0 amide bonds. The SMILES string of the molecule is CCC(C)Oc1cccc(N)c1OC(C)CC. The molecule has 0 saturated carbocycles. The van der Waals surface area contributed by atoms with Gasteiger partial charge in [-0.15, -0.1) is 0 Å². The van der Waals surface area contributed by atoms with Crippen molar-refractivity contribution in [3.63, 3.8) is 0 Å². The number of hydrogen-bond acceptors (Lipinski definition) is 3. The van der Waals surface area contributed by atoms with Crippen molar-refractivity contribution in [1.82, 2.24) is 0 Å². The monoisotopic (exact) mass is 237 g/mol. The minimum absolute atomic E-state index is 0.138. The van der Waals surface area contributed by atoms with Gasteiger partial charge in [-0.1, -0.05) is 19.9 Å². The van der Waals surface area contributed by atoms with E-state index in [2.05, 4.69) is 13.8 Å². The Hall–Kier alpha value is -1.38. The van der Waals surface area contributed by atoms with E-state index in [1.807, 2.05) is 32.0 Å². The van der Waals surface area contributed by atoms with E-state index in [-0.39, 0.29) is 12.2 Å². The third-order valence-corrected chi connectivity index (χ3v) is 2.81. The van der Waals surface area contributed by atoms with Crippen LogP contribution >= 0.6 is 0 Å². The summed E-state index contributed by atoms with van der Waals surface area (Å²) in [5, 5.41) is 0. The van der Waals surface area contributed by atoms with Gasteiger partial charge in [-0.2, -0.15) is 0 Å². The van der Waals surface area contributed by atoms with Gasteiger partial charge in [0.1, 0.15) is 0 Å². The van der Waals surface area contributed by atoms with Gasteiger partial charge in [0.15, 0.2) is 11.5 Å². The van der Waals surface area contributed by atoms with E-state index >= 15 is 0 Å². The number of para-hydroxylation sites is 1. The first-order valence-electron chi connectivity index (χ1n) is 6.30. The summed E-state index contributed by atoms with van der Waals surface area (Å²) in [6.07, 6.45) is 2.20. The summed E-state index contributed by atoms with van der Waals surface area (Å²) in [5.74, 6) is 1.40. The lowest BCUT2D eigenvalue weighted by Gasteiger charge is -2.20. The van der Waals surface area contributed by atoms with Crippen molar-refractivity contribution < 1.29 is 9.47 Å². The third-order valence-electron chi connectivity index (χ3n) is 2.81. The first kappa shape index (κ1) is 13.7. The molecule has 2 N–H and O–H groups in total. The van der Waals surface area contributed by atoms with E-state index in [9.17, 15) is 0 Å². The molecule has 0 aliphatic carbocycles. The molecule has 0 spiro atoms. The van der Waals surface area contributed by atoms with Crippen LogP contribution in [0, 0.1) is 0 Å². The number of rotatable bonds is 6. The van der Waals surface area contributed by atoms with Gasteiger partial charge >= 0.3 is 0 Å². The molecule has 3 heteroatoms. The van der Waals surface area contributed by atoms with Gasteiger partial charge in [0.25, 0.3) is 0 Å². The molecule has 1 aromatic rings. The molecule has 17 heavy (non-hydrogen) atoms. The lowest BCUT2D eigenvalue weighted by atomic mass is 10.2. The normalized spacial score (nSPS) is 14.1. The number of nitrogen functional groups attached to an aromatic ring is 1. The Bertz CT molecular complexity index is 352. The van der Waals surface area contributed by atoms with E-state index in [4.69, 9.17) is 15.2 Å². The van der Waals surface area contributed by atoms with Crippen LogP contribution in [-0.4, -0.2) is 12.2 Å². The molecule has 1 aromatic carbocycles. The predicted molar refractivity (Wildman–Crippen MR) is 71.6 cm³/mol. The molecule has 0 bridgehead atoms. The largest absolute Gasteiger partial charge is 0.487 e. The number of anilines is 1. The first-order valence-corrected chi connectivity index (χ1v) is 6.30. The standard InChI is InChI=1S/C14H23NO2/c1-5-10(3)16-13-9-7-8-12(15)14(13)17-11(4)6-2/h7-11H,5-6,15H2,1-4H3. The Labute approximate surface area is 104 Å². The summed E-state index contributed by atoms with van der Waals surface area (Å²) < 4.78 is 11.6. The van der Waals surface area contributed by atoms with Gasteiger partial charge in [-0.05, 0) is 38.8 Å². The lowest BCUT2D eigenvalue weighted by molar-refractivity contribution is 0.178. The average molecular weight is 237 g/mol. The summed E-state index contributed by atoms with van der Waals surface area (Å²) in [6, 6.07) is 5.62. The molecule has 0 aromatic heterocycles. The maximum atomic E-state index is 5.94. The van der Waals surface area contributed by atoms with Crippen LogP contribution in [0.2, 0.25) is 0 Å². The fourth-order valence-corrected chi connectivity index (χ4v) is 1.34. The van der Waals surface area contributed by atoms with Crippen molar-refractivity contribution in [1.29, 1.82) is 0 Å². The molecule has 0 aliphatic heterocycles. The van der Waals surface area contributed by atoms with Crippen LogP contribution in [0.3, 0.4) is 0 Å². The average Bonchev–Trinajstić information content (AvgIpc) is 2.33. The molecular weight excluding hydrogens is 214 g/mol. The smallest absolute Gasteiger partial charge is 0.184 e. The highest BCUT2D eigenvalue weighted by Gasteiger charge is 2.13. The van der Waals surface area contributed by atoms with Gasteiger partial charge in [-0.3, -0.25) is 0 Å². The molecule has 1 rings (SSSR count). The quantitative estimate of drug-likeness (QED) is 0.768. The maximum absolute atomic E-state index is 5.94. The highest BCUT2D eigenvalue weighted by Crippen LogP contribution is 2.35. The molecule has 0 fully saturated rings. The second-order valence-electron chi connectivity index (χ2n) is 4.35. The predicted octanol–water partition coefficient (Wildman–Crippen LogP) is 3.62. The van der Waals surface area contributed by atoms with Crippen LogP contribution in [0.25, 0.3) is 0 Å². The summed E-state index contributed by atoms with van der Waals surface area (Å²) in [4.78, 5) is 0. The van der Waals surface area contributed by atoms with Gasteiger partial charge in [0, 0.05) is 0 Å². The van der Waals surface area contributed by atoms with E-state index in [0.717, 1.165) is 18.6 Å². The van der Waals surface area contributed by atoms with Crippen LogP contribution < -0.4 is 15.2 Å². The second kappa shape index (κ2) is 6.38. The van der Waals surface area contributed by atoms with Crippen LogP contribution in [0.1, 0.15) is 40.5 Å². The summed E-state index contributed by atoms with van der Waals surface area (Å²) in [7, 11) is 0. The van der Waals surface area contributed by atoms with Crippen molar-refractivity contribution in [2.24, 2.45) is 0 Å². The molecule has 2 atom stereocenters. The number of ether oxygens (including phenoxy) is 2. The van der Waals surface area contributed by atoms with Crippen molar-refractivity contribution in [3.05, 3.63) is 18.2 Å². The zero-order valence-corrected chi connectivity index (χ0v) is 11.2. The van der Waals surface area contributed by atoms with Crippen LogP contribution in [-0.2, 0) is 0 Å². The molecular formula is C14H23NO2. The second-order valence-corrected chi connectivity index (χ2v) is 4.35. The molecule has 96 valence electrons. The fourth-order valence-electron chi connectivity index (χ4n) is 1.34. The van der Waals surface area contributed by atoms with Crippen molar-refractivity contribution in [2.45, 2.75) is 52.7 Å². The third kappa shape index (κ3) is 3.84. The Morgan fingerprint density at radius 3 is 2.24 bits per heavy atom. The van der Waals surface area contributed by atoms with Gasteiger partial charge in [0.2, 0.25) is 0 Å². The zero-order chi connectivity index (χ0) is 12.8. The lowest BCUT2D eigenvalue weighted by Crippen LogP contribution is -2.15. The maximum Gasteiger partial charge on any atom is 0.184 e. The summed E-state index contributed by atoms with van der Waals surface area (Å²) >= 11 is 0. The van der Waals surface area contributed by atoms with E-state index in [1.54, 1.807) is 0 Å². The summed E-state index contributed by atoms with van der Waals surface area (Å²) in [6.45, 7) is 8.24. The van der Waals surface area contributed by atoms with E-state index in [1.165, 1.54) is 0 Å². The van der Waals surface area contributed by atoms with Crippen molar-refractivity contribution >= 4 is 5.69 Å². The number of benzene rings is 1. The minimum Gasteiger partial charge on any atom is -0.487 e. The van der Waals surface area contributed by atoms with E-state index < -0.39 is 0 Å². The van der Waals surface area contributed by atoms with Crippen molar-refractivity contribution in [3.8, 4) is 11.5 Å². The molecule has 0 aliphatic rings.